The number of aromatic nitrogens is 1. The maximum atomic E-state index is 12.6. The Morgan fingerprint density at radius 1 is 1.21 bits per heavy atom. The number of para-hydroxylation sites is 1. The lowest BCUT2D eigenvalue weighted by molar-refractivity contribution is -0.121. The van der Waals surface area contributed by atoms with Crippen LogP contribution in [0.15, 0.2) is 54.7 Å². The van der Waals surface area contributed by atoms with Gasteiger partial charge in [0.25, 0.3) is 0 Å². The first-order valence-corrected chi connectivity index (χ1v) is 10.5. The summed E-state index contributed by atoms with van der Waals surface area (Å²) in [5.74, 6) is 1.20. The molecule has 2 aromatic carbocycles. The molecule has 0 radical (unpaired) electrons. The number of thiazole rings is 1. The van der Waals surface area contributed by atoms with Gasteiger partial charge in [-0.2, -0.15) is 0 Å². The summed E-state index contributed by atoms with van der Waals surface area (Å²) in [4.78, 5) is 18.1. The summed E-state index contributed by atoms with van der Waals surface area (Å²) in [7, 11) is 0. The Morgan fingerprint density at radius 2 is 2.00 bits per heavy atom. The molecule has 0 aliphatic carbocycles. The first-order valence-electron chi connectivity index (χ1n) is 9.63. The van der Waals surface area contributed by atoms with Gasteiger partial charge in [0.1, 0.15) is 12.4 Å². The fraction of sp³-hybridized carbons (Fsp3) is 0.304. The normalized spacial score (nSPS) is 15.8. The predicted molar refractivity (Wildman–Crippen MR) is 113 cm³/mol. The Kier molecular flexibility index (Phi) is 5.44. The van der Waals surface area contributed by atoms with Crippen LogP contribution in [-0.4, -0.2) is 17.5 Å². The number of amides is 1. The van der Waals surface area contributed by atoms with Crippen molar-refractivity contribution in [3.63, 3.8) is 0 Å². The summed E-state index contributed by atoms with van der Waals surface area (Å²) in [6, 6.07) is 16.6. The van der Waals surface area contributed by atoms with E-state index in [0.717, 1.165) is 22.6 Å². The minimum atomic E-state index is -0.189. The van der Waals surface area contributed by atoms with Gasteiger partial charge in [-0.15, -0.1) is 11.3 Å². The maximum Gasteiger partial charge on any atom is 0.233 e. The summed E-state index contributed by atoms with van der Waals surface area (Å²) >= 11 is 1.53. The summed E-state index contributed by atoms with van der Waals surface area (Å²) in [5, 5.41) is 3.61. The monoisotopic (exact) mass is 392 g/mol. The highest BCUT2D eigenvalue weighted by Crippen LogP contribution is 2.28. The second-order valence-corrected chi connectivity index (χ2v) is 8.63. The number of fused-ring (bicyclic) bond motifs is 1. The summed E-state index contributed by atoms with van der Waals surface area (Å²) in [5.41, 5.74) is 3.68. The Hall–Kier alpha value is -2.66. The van der Waals surface area contributed by atoms with Crippen molar-refractivity contribution in [3.8, 4) is 5.75 Å². The largest absolute Gasteiger partial charge is 0.492 e. The molecule has 0 fully saturated rings. The molecule has 4 rings (SSSR count). The first-order chi connectivity index (χ1) is 13.6. The third-order valence-corrected chi connectivity index (χ3v) is 5.97. The third kappa shape index (κ3) is 4.25. The number of ether oxygens (including phenoxy) is 1. The van der Waals surface area contributed by atoms with Crippen LogP contribution in [0.1, 0.15) is 41.3 Å². The van der Waals surface area contributed by atoms with Gasteiger partial charge in [-0.1, -0.05) is 56.3 Å². The van der Waals surface area contributed by atoms with Crippen LogP contribution in [0.25, 0.3) is 0 Å². The highest BCUT2D eigenvalue weighted by molar-refractivity contribution is 7.15. The number of anilines is 1. The van der Waals surface area contributed by atoms with Crippen molar-refractivity contribution in [2.45, 2.75) is 32.6 Å². The SMILES string of the molecule is CC(C)c1ccc(Cc2cnc(NC(=O)C3COc4ccccc4C3)s2)cc1. The van der Waals surface area contributed by atoms with E-state index in [-0.39, 0.29) is 11.8 Å². The van der Waals surface area contributed by atoms with Crippen molar-refractivity contribution < 1.29 is 9.53 Å². The van der Waals surface area contributed by atoms with Crippen molar-refractivity contribution in [1.29, 1.82) is 0 Å². The fourth-order valence-electron chi connectivity index (χ4n) is 3.37. The number of carbonyl (C=O) groups is 1. The van der Waals surface area contributed by atoms with Crippen LogP contribution in [0.5, 0.6) is 5.75 Å². The number of carbonyl (C=O) groups excluding carboxylic acids is 1. The zero-order chi connectivity index (χ0) is 19.5. The van der Waals surface area contributed by atoms with Gasteiger partial charge < -0.3 is 10.1 Å². The quantitative estimate of drug-likeness (QED) is 0.661. The molecule has 144 valence electrons. The van der Waals surface area contributed by atoms with E-state index in [1.807, 2.05) is 30.5 Å². The molecule has 1 amide bonds. The van der Waals surface area contributed by atoms with Crippen LogP contribution in [0.2, 0.25) is 0 Å². The molecule has 0 bridgehead atoms. The van der Waals surface area contributed by atoms with Crippen LogP contribution >= 0.6 is 11.3 Å². The molecule has 0 spiro atoms. The van der Waals surface area contributed by atoms with Crippen LogP contribution in [0, 0.1) is 5.92 Å². The Morgan fingerprint density at radius 3 is 2.79 bits per heavy atom. The van der Waals surface area contributed by atoms with E-state index in [1.54, 1.807) is 0 Å². The molecule has 5 heteroatoms. The van der Waals surface area contributed by atoms with Gasteiger partial charge in [-0.05, 0) is 35.1 Å². The second kappa shape index (κ2) is 8.15. The molecule has 28 heavy (non-hydrogen) atoms. The molecule has 1 atom stereocenters. The molecule has 3 aromatic rings. The van der Waals surface area contributed by atoms with Gasteiger partial charge >= 0.3 is 0 Å². The minimum Gasteiger partial charge on any atom is -0.492 e. The van der Waals surface area contributed by atoms with Crippen molar-refractivity contribution in [2.24, 2.45) is 5.92 Å². The van der Waals surface area contributed by atoms with Crippen molar-refractivity contribution in [2.75, 3.05) is 11.9 Å². The second-order valence-electron chi connectivity index (χ2n) is 7.51. The molecule has 1 N–H and O–H groups in total. The number of hydrogen-bond acceptors (Lipinski definition) is 4. The number of benzene rings is 2. The average molecular weight is 393 g/mol. The predicted octanol–water partition coefficient (Wildman–Crippen LogP) is 5.05. The van der Waals surface area contributed by atoms with Crippen LogP contribution in [0.3, 0.4) is 0 Å². The van der Waals surface area contributed by atoms with E-state index in [1.165, 1.54) is 22.5 Å². The smallest absolute Gasteiger partial charge is 0.233 e. The van der Waals surface area contributed by atoms with Gasteiger partial charge in [-0.25, -0.2) is 4.98 Å². The summed E-state index contributed by atoms with van der Waals surface area (Å²) < 4.78 is 5.73. The van der Waals surface area contributed by atoms with Crippen molar-refractivity contribution >= 4 is 22.4 Å². The molecule has 0 saturated carbocycles. The lowest BCUT2D eigenvalue weighted by atomic mass is 9.96. The zero-order valence-electron chi connectivity index (χ0n) is 16.1. The van der Waals surface area contributed by atoms with Gasteiger partial charge in [-0.3, -0.25) is 4.79 Å². The highest BCUT2D eigenvalue weighted by Gasteiger charge is 2.26. The van der Waals surface area contributed by atoms with Gasteiger partial charge in [0.05, 0.1) is 5.92 Å². The van der Waals surface area contributed by atoms with Crippen LogP contribution in [0.4, 0.5) is 5.13 Å². The number of rotatable bonds is 5. The molecule has 1 aliphatic rings. The van der Waals surface area contributed by atoms with E-state index in [9.17, 15) is 4.79 Å². The molecule has 0 saturated heterocycles. The van der Waals surface area contributed by atoms with E-state index < -0.39 is 0 Å². The van der Waals surface area contributed by atoms with E-state index in [4.69, 9.17) is 4.74 Å². The van der Waals surface area contributed by atoms with Crippen molar-refractivity contribution in [3.05, 3.63) is 76.3 Å². The first kappa shape index (κ1) is 18.7. The summed E-state index contributed by atoms with van der Waals surface area (Å²) in [6.07, 6.45) is 3.37. The number of nitrogens with zero attached hydrogens (tertiary/aromatic N) is 1. The lowest BCUT2D eigenvalue weighted by Gasteiger charge is -2.24. The molecule has 1 aromatic heterocycles. The minimum absolute atomic E-state index is 0.0308. The molecule has 1 aliphatic heterocycles. The van der Waals surface area contributed by atoms with Gasteiger partial charge in [0.15, 0.2) is 5.13 Å². The lowest BCUT2D eigenvalue weighted by Crippen LogP contribution is -2.32. The number of hydrogen-bond donors (Lipinski definition) is 1. The molecular formula is C23H24N2O2S. The Labute approximate surface area is 169 Å². The van der Waals surface area contributed by atoms with Crippen LogP contribution < -0.4 is 10.1 Å². The zero-order valence-corrected chi connectivity index (χ0v) is 17.0. The maximum absolute atomic E-state index is 12.6. The fourth-order valence-corrected chi connectivity index (χ4v) is 4.22. The van der Waals surface area contributed by atoms with Crippen molar-refractivity contribution in [1.82, 2.24) is 4.98 Å². The highest BCUT2D eigenvalue weighted by atomic mass is 32.1. The third-order valence-electron chi connectivity index (χ3n) is 5.06. The molecule has 4 nitrogen and oxygen atoms in total. The van der Waals surface area contributed by atoms with E-state index >= 15 is 0 Å². The van der Waals surface area contributed by atoms with E-state index in [0.29, 0.717) is 24.1 Å². The Bertz CT molecular complexity index is 963. The van der Waals surface area contributed by atoms with Crippen LogP contribution in [-0.2, 0) is 17.6 Å². The Balaban J connectivity index is 1.36. The summed E-state index contributed by atoms with van der Waals surface area (Å²) in [6.45, 7) is 4.80. The average Bonchev–Trinajstić information content (AvgIpc) is 3.14. The van der Waals surface area contributed by atoms with E-state index in [2.05, 4.69) is 48.4 Å². The topological polar surface area (TPSA) is 51.2 Å². The molecule has 2 heterocycles. The standard InChI is InChI=1S/C23H24N2O2S/c1-15(2)17-9-7-16(8-10-17)11-20-13-24-23(28-20)25-22(26)19-12-18-5-3-4-6-21(18)27-14-19/h3-10,13,15,19H,11-12,14H2,1-2H3,(H,24,25,26). The van der Waals surface area contributed by atoms with Gasteiger partial charge in [0.2, 0.25) is 5.91 Å². The molecule has 1 unspecified atom stereocenters. The number of nitrogens with one attached hydrogen (secondary N) is 1. The molecular weight excluding hydrogens is 368 g/mol. The van der Waals surface area contributed by atoms with Gasteiger partial charge in [0, 0.05) is 17.5 Å².